The summed E-state index contributed by atoms with van der Waals surface area (Å²) in [6.07, 6.45) is 17.2. The molecular formula is C27H38FN. The van der Waals surface area contributed by atoms with Crippen molar-refractivity contribution in [3.8, 4) is 11.3 Å². The van der Waals surface area contributed by atoms with E-state index in [-0.39, 0.29) is 5.82 Å². The van der Waals surface area contributed by atoms with Crippen LogP contribution in [0.5, 0.6) is 0 Å². The first-order valence-electron chi connectivity index (χ1n) is 12.0. The third-order valence-electron chi connectivity index (χ3n) is 6.70. The largest absolute Gasteiger partial charge is 0.256 e. The molecular weight excluding hydrogens is 357 g/mol. The van der Waals surface area contributed by atoms with Crippen molar-refractivity contribution in [2.75, 3.05) is 0 Å². The van der Waals surface area contributed by atoms with E-state index < -0.39 is 0 Å². The average Bonchev–Trinajstić information content (AvgIpc) is 2.75. The Morgan fingerprint density at radius 2 is 1.66 bits per heavy atom. The molecule has 1 saturated carbocycles. The van der Waals surface area contributed by atoms with Crippen LogP contribution in [0.1, 0.15) is 102 Å². The molecule has 2 heteroatoms. The predicted octanol–water partition coefficient (Wildman–Crippen LogP) is 8.47. The van der Waals surface area contributed by atoms with Crippen LogP contribution in [0.25, 0.3) is 11.3 Å². The van der Waals surface area contributed by atoms with Crippen LogP contribution >= 0.6 is 0 Å². The van der Waals surface area contributed by atoms with E-state index in [1.165, 1.54) is 69.8 Å². The van der Waals surface area contributed by atoms with Crippen molar-refractivity contribution < 1.29 is 4.39 Å². The fourth-order valence-corrected chi connectivity index (χ4v) is 4.77. The molecule has 0 atom stereocenters. The molecule has 1 nitrogen and oxygen atoms in total. The number of hydrogen-bond acceptors (Lipinski definition) is 1. The third-order valence-corrected chi connectivity index (χ3v) is 6.70. The minimum atomic E-state index is -0.146. The molecule has 0 bridgehead atoms. The number of aromatic nitrogens is 1. The maximum absolute atomic E-state index is 14.6. The van der Waals surface area contributed by atoms with Crippen molar-refractivity contribution >= 4 is 0 Å². The quantitative estimate of drug-likeness (QED) is 0.368. The minimum absolute atomic E-state index is 0.146. The molecule has 0 spiro atoms. The van der Waals surface area contributed by atoms with Gasteiger partial charge in [0.25, 0.3) is 0 Å². The molecule has 1 fully saturated rings. The lowest BCUT2D eigenvalue weighted by Crippen LogP contribution is -2.13. The van der Waals surface area contributed by atoms with Gasteiger partial charge in [0.05, 0.1) is 5.69 Å². The van der Waals surface area contributed by atoms with Crippen molar-refractivity contribution in [1.29, 1.82) is 0 Å². The normalized spacial score (nSPS) is 19.4. The number of hydrogen-bond donors (Lipinski definition) is 0. The summed E-state index contributed by atoms with van der Waals surface area (Å²) in [5, 5.41) is 0. The van der Waals surface area contributed by atoms with E-state index in [1.807, 2.05) is 18.3 Å². The van der Waals surface area contributed by atoms with E-state index in [1.54, 1.807) is 6.07 Å². The van der Waals surface area contributed by atoms with Gasteiger partial charge in [-0.25, -0.2) is 4.39 Å². The highest BCUT2D eigenvalue weighted by molar-refractivity contribution is 5.60. The van der Waals surface area contributed by atoms with E-state index in [0.717, 1.165) is 30.0 Å². The number of nitrogens with zero attached hydrogens (tertiary/aromatic N) is 1. The van der Waals surface area contributed by atoms with Gasteiger partial charge in [-0.1, -0.05) is 64.5 Å². The molecule has 1 heterocycles. The Morgan fingerprint density at radius 1 is 0.897 bits per heavy atom. The van der Waals surface area contributed by atoms with Gasteiger partial charge in [0.2, 0.25) is 0 Å². The Morgan fingerprint density at radius 3 is 2.31 bits per heavy atom. The highest BCUT2D eigenvalue weighted by Crippen LogP contribution is 2.38. The van der Waals surface area contributed by atoms with E-state index in [0.29, 0.717) is 11.5 Å². The van der Waals surface area contributed by atoms with Crippen molar-refractivity contribution in [1.82, 2.24) is 4.98 Å². The van der Waals surface area contributed by atoms with Gasteiger partial charge in [-0.15, -0.1) is 0 Å². The van der Waals surface area contributed by atoms with Gasteiger partial charge in [0, 0.05) is 11.8 Å². The Labute approximate surface area is 177 Å². The van der Waals surface area contributed by atoms with Gasteiger partial charge in [0.15, 0.2) is 0 Å². The second-order valence-electron chi connectivity index (χ2n) is 8.96. The van der Waals surface area contributed by atoms with Gasteiger partial charge in [-0.2, -0.15) is 0 Å². The van der Waals surface area contributed by atoms with Crippen LogP contribution in [-0.2, 0) is 6.42 Å². The SMILES string of the molecule is CCCCCc1ccc(-c2ccc([C@H]3CC[C@H](CCCCC)CC3)cn2)c(F)c1. The van der Waals surface area contributed by atoms with Gasteiger partial charge in [0.1, 0.15) is 5.82 Å². The summed E-state index contributed by atoms with van der Waals surface area (Å²) < 4.78 is 14.6. The van der Waals surface area contributed by atoms with E-state index in [9.17, 15) is 4.39 Å². The smallest absolute Gasteiger partial charge is 0.132 e. The Balaban J connectivity index is 1.56. The van der Waals surface area contributed by atoms with Gasteiger partial charge in [-0.05, 0) is 79.7 Å². The molecule has 1 aliphatic carbocycles. The minimum Gasteiger partial charge on any atom is -0.256 e. The van der Waals surface area contributed by atoms with Gasteiger partial charge >= 0.3 is 0 Å². The summed E-state index contributed by atoms with van der Waals surface area (Å²) in [5.41, 5.74) is 3.79. The summed E-state index contributed by atoms with van der Waals surface area (Å²) in [6, 6.07) is 9.85. The second kappa shape index (κ2) is 11.5. The lowest BCUT2D eigenvalue weighted by molar-refractivity contribution is 0.302. The van der Waals surface area contributed by atoms with Crippen LogP contribution in [0.3, 0.4) is 0 Å². The van der Waals surface area contributed by atoms with Gasteiger partial charge < -0.3 is 0 Å². The standard InChI is InChI=1S/C27H38FN/c1-3-5-7-9-21-11-14-23(15-12-21)24-16-18-27(29-20-24)25-17-13-22(19-26(25)28)10-8-6-4-2/h13,16-21,23H,3-12,14-15H2,1-2H3/t21-,23-. The predicted molar refractivity (Wildman–Crippen MR) is 122 cm³/mol. The van der Waals surface area contributed by atoms with Crippen molar-refractivity contribution in [2.45, 2.75) is 96.8 Å². The van der Waals surface area contributed by atoms with Crippen molar-refractivity contribution in [2.24, 2.45) is 5.92 Å². The number of unbranched alkanes of at least 4 members (excludes halogenated alkanes) is 4. The van der Waals surface area contributed by atoms with Crippen LogP contribution in [0.15, 0.2) is 36.5 Å². The zero-order valence-corrected chi connectivity index (χ0v) is 18.4. The first-order valence-corrected chi connectivity index (χ1v) is 12.0. The molecule has 0 unspecified atom stereocenters. The number of benzene rings is 1. The molecule has 0 saturated heterocycles. The Hall–Kier alpha value is -1.70. The van der Waals surface area contributed by atoms with Crippen LogP contribution in [0.2, 0.25) is 0 Å². The van der Waals surface area contributed by atoms with Crippen LogP contribution < -0.4 is 0 Å². The third kappa shape index (κ3) is 6.39. The molecule has 158 valence electrons. The molecule has 3 rings (SSSR count). The molecule has 1 aromatic carbocycles. The lowest BCUT2D eigenvalue weighted by atomic mass is 9.77. The summed E-state index contributed by atoms with van der Waals surface area (Å²) >= 11 is 0. The molecule has 0 aliphatic heterocycles. The van der Waals surface area contributed by atoms with Crippen molar-refractivity contribution in [3.63, 3.8) is 0 Å². The summed E-state index contributed by atoms with van der Waals surface area (Å²) in [7, 11) is 0. The summed E-state index contributed by atoms with van der Waals surface area (Å²) in [4.78, 5) is 4.63. The molecule has 0 N–H and O–H groups in total. The monoisotopic (exact) mass is 395 g/mol. The molecule has 0 amide bonds. The molecule has 2 aromatic rings. The maximum Gasteiger partial charge on any atom is 0.132 e. The topological polar surface area (TPSA) is 12.9 Å². The zero-order chi connectivity index (χ0) is 20.5. The fourth-order valence-electron chi connectivity index (χ4n) is 4.77. The Bertz CT molecular complexity index is 729. The van der Waals surface area contributed by atoms with Crippen LogP contribution in [-0.4, -0.2) is 4.98 Å². The first kappa shape index (κ1) is 22.0. The molecule has 0 radical (unpaired) electrons. The van der Waals surface area contributed by atoms with Gasteiger partial charge in [-0.3, -0.25) is 4.98 Å². The maximum atomic E-state index is 14.6. The second-order valence-corrected chi connectivity index (χ2v) is 8.96. The highest BCUT2D eigenvalue weighted by Gasteiger charge is 2.22. The van der Waals surface area contributed by atoms with E-state index in [4.69, 9.17) is 0 Å². The Kier molecular flexibility index (Phi) is 8.70. The lowest BCUT2D eigenvalue weighted by Gasteiger charge is -2.28. The van der Waals surface area contributed by atoms with Crippen LogP contribution in [0.4, 0.5) is 4.39 Å². The molecule has 29 heavy (non-hydrogen) atoms. The summed E-state index contributed by atoms with van der Waals surface area (Å²) in [5.74, 6) is 1.41. The zero-order valence-electron chi connectivity index (χ0n) is 18.4. The number of pyridine rings is 1. The van der Waals surface area contributed by atoms with Crippen LogP contribution in [0, 0.1) is 11.7 Å². The number of halogens is 1. The van der Waals surface area contributed by atoms with E-state index in [2.05, 4.69) is 31.0 Å². The number of rotatable bonds is 10. The highest BCUT2D eigenvalue weighted by atomic mass is 19.1. The first-order chi connectivity index (χ1) is 14.2. The van der Waals surface area contributed by atoms with Crippen molar-refractivity contribution in [3.05, 3.63) is 53.5 Å². The average molecular weight is 396 g/mol. The number of aryl methyl sites for hydroxylation is 1. The fraction of sp³-hybridized carbons (Fsp3) is 0.593. The molecule has 1 aliphatic rings. The molecule has 1 aromatic heterocycles. The summed E-state index contributed by atoms with van der Waals surface area (Å²) in [6.45, 7) is 4.47. The van der Waals surface area contributed by atoms with E-state index >= 15 is 0 Å².